The summed E-state index contributed by atoms with van der Waals surface area (Å²) >= 11 is 0. The largest absolute Gasteiger partial charge is 0.223 e. The van der Waals surface area contributed by atoms with Gasteiger partial charge in [-0.05, 0) is 28.7 Å². The molecule has 0 unspecified atom stereocenters. The van der Waals surface area contributed by atoms with Gasteiger partial charge in [0.1, 0.15) is 0 Å². The van der Waals surface area contributed by atoms with Crippen molar-refractivity contribution in [3.05, 3.63) is 65.7 Å². The Kier molecular flexibility index (Phi) is 4.00. The third-order valence-electron chi connectivity index (χ3n) is 3.28. The Bertz CT molecular complexity index is 663. The lowest BCUT2D eigenvalue weighted by Gasteiger charge is -2.19. The second kappa shape index (κ2) is 5.41. The number of benzene rings is 2. The third-order valence-corrected chi connectivity index (χ3v) is 4.98. The molecule has 0 bridgehead atoms. The summed E-state index contributed by atoms with van der Waals surface area (Å²) in [4.78, 5) is 0.384. The predicted molar refractivity (Wildman–Crippen MR) is 82.5 cm³/mol. The van der Waals surface area contributed by atoms with E-state index in [9.17, 15) is 8.42 Å². The van der Waals surface area contributed by atoms with Gasteiger partial charge in [-0.3, -0.25) is 0 Å². The fraction of sp³-hybridized carbons (Fsp3) is 0.294. The molecule has 0 fully saturated rings. The van der Waals surface area contributed by atoms with Crippen LogP contribution in [-0.2, 0) is 21.0 Å². The first-order chi connectivity index (χ1) is 9.29. The van der Waals surface area contributed by atoms with Crippen LogP contribution >= 0.6 is 0 Å². The van der Waals surface area contributed by atoms with Crippen LogP contribution in [0.15, 0.2) is 59.5 Å². The maximum Gasteiger partial charge on any atom is 0.182 e. The molecule has 0 saturated carbocycles. The normalized spacial score (nSPS) is 12.3. The zero-order valence-electron chi connectivity index (χ0n) is 12.1. The van der Waals surface area contributed by atoms with Crippen LogP contribution < -0.4 is 0 Å². The van der Waals surface area contributed by atoms with E-state index in [0.29, 0.717) is 4.90 Å². The quantitative estimate of drug-likeness (QED) is 0.856. The number of sulfone groups is 1. The lowest BCUT2D eigenvalue weighted by molar-refractivity contribution is 0.586. The monoisotopic (exact) mass is 288 g/mol. The lowest BCUT2D eigenvalue weighted by Crippen LogP contribution is -2.11. The molecule has 0 spiro atoms. The molecule has 0 aliphatic rings. The maximum atomic E-state index is 12.4. The van der Waals surface area contributed by atoms with Gasteiger partial charge < -0.3 is 0 Å². The topological polar surface area (TPSA) is 34.1 Å². The van der Waals surface area contributed by atoms with Crippen molar-refractivity contribution in [1.82, 2.24) is 0 Å². The van der Waals surface area contributed by atoms with E-state index < -0.39 is 9.84 Å². The summed E-state index contributed by atoms with van der Waals surface area (Å²) in [7, 11) is -3.28. The van der Waals surface area contributed by atoms with E-state index >= 15 is 0 Å². The summed E-state index contributed by atoms with van der Waals surface area (Å²) in [5.41, 5.74) is 1.98. The second-order valence-electron chi connectivity index (χ2n) is 6.02. The van der Waals surface area contributed by atoms with Gasteiger partial charge in [-0.1, -0.05) is 63.2 Å². The zero-order valence-corrected chi connectivity index (χ0v) is 12.9. The molecule has 2 nitrogen and oxygen atoms in total. The molecule has 2 rings (SSSR count). The molecule has 0 aliphatic heterocycles. The summed E-state index contributed by atoms with van der Waals surface area (Å²) in [5, 5.41) is 0. The van der Waals surface area contributed by atoms with E-state index in [-0.39, 0.29) is 11.2 Å². The first-order valence-corrected chi connectivity index (χ1v) is 8.31. The van der Waals surface area contributed by atoms with Crippen LogP contribution in [0, 0.1) is 0 Å². The third kappa shape index (κ3) is 3.48. The van der Waals surface area contributed by atoms with Crippen molar-refractivity contribution in [2.75, 3.05) is 0 Å². The van der Waals surface area contributed by atoms with Gasteiger partial charge in [0.25, 0.3) is 0 Å². The predicted octanol–water partition coefficient (Wildman–Crippen LogP) is 3.96. The van der Waals surface area contributed by atoms with Gasteiger partial charge in [0.05, 0.1) is 10.6 Å². The molecule has 2 aromatic carbocycles. The molecule has 0 radical (unpaired) electrons. The van der Waals surface area contributed by atoms with Crippen molar-refractivity contribution in [3.63, 3.8) is 0 Å². The molecule has 0 aromatic heterocycles. The fourth-order valence-electron chi connectivity index (χ4n) is 2.04. The smallest absolute Gasteiger partial charge is 0.182 e. The minimum absolute atomic E-state index is 0.0295. The molecule has 0 saturated heterocycles. The summed E-state index contributed by atoms with van der Waals surface area (Å²) in [5.74, 6) is 0.0443. The lowest BCUT2D eigenvalue weighted by atomic mass is 9.87. The molecule has 0 N–H and O–H groups in total. The highest BCUT2D eigenvalue weighted by molar-refractivity contribution is 7.90. The van der Waals surface area contributed by atoms with Gasteiger partial charge >= 0.3 is 0 Å². The summed E-state index contributed by atoms with van der Waals surface area (Å²) in [6, 6.07) is 16.5. The fourth-order valence-corrected chi connectivity index (χ4v) is 3.39. The maximum absolute atomic E-state index is 12.4. The van der Waals surface area contributed by atoms with Crippen LogP contribution in [0.5, 0.6) is 0 Å². The number of rotatable bonds is 3. The van der Waals surface area contributed by atoms with Crippen LogP contribution in [0.4, 0.5) is 0 Å². The standard InChI is InChI=1S/C17H20O2S/c1-17(2,3)15-9-11-16(12-10-15)20(18,19)13-14-7-5-4-6-8-14/h4-12H,13H2,1-3H3. The Hall–Kier alpha value is -1.61. The van der Waals surface area contributed by atoms with Crippen LogP contribution in [0.2, 0.25) is 0 Å². The van der Waals surface area contributed by atoms with Gasteiger partial charge in [-0.2, -0.15) is 0 Å². The van der Waals surface area contributed by atoms with Crippen molar-refractivity contribution in [2.24, 2.45) is 0 Å². The Balaban J connectivity index is 2.27. The molecule has 106 valence electrons. The van der Waals surface area contributed by atoms with Crippen molar-refractivity contribution in [2.45, 2.75) is 36.8 Å². The Morgan fingerprint density at radius 1 is 0.850 bits per heavy atom. The summed E-state index contributed by atoms with van der Waals surface area (Å²) in [6.07, 6.45) is 0. The Morgan fingerprint density at radius 3 is 1.90 bits per heavy atom. The molecule has 0 aliphatic carbocycles. The van der Waals surface area contributed by atoms with E-state index in [0.717, 1.165) is 11.1 Å². The second-order valence-corrected chi connectivity index (χ2v) is 8.01. The zero-order chi connectivity index (χ0) is 14.8. The van der Waals surface area contributed by atoms with E-state index in [1.54, 1.807) is 12.1 Å². The molecular weight excluding hydrogens is 268 g/mol. The first kappa shape index (κ1) is 14.8. The highest BCUT2D eigenvalue weighted by Gasteiger charge is 2.18. The average molecular weight is 288 g/mol. The number of hydrogen-bond acceptors (Lipinski definition) is 2. The van der Waals surface area contributed by atoms with Crippen molar-refractivity contribution >= 4 is 9.84 Å². The Morgan fingerprint density at radius 2 is 1.40 bits per heavy atom. The van der Waals surface area contributed by atoms with E-state index in [1.165, 1.54) is 0 Å². The minimum atomic E-state index is -3.28. The van der Waals surface area contributed by atoms with Crippen LogP contribution in [0.25, 0.3) is 0 Å². The van der Waals surface area contributed by atoms with Crippen LogP contribution in [0.1, 0.15) is 31.9 Å². The van der Waals surface area contributed by atoms with Crippen molar-refractivity contribution in [1.29, 1.82) is 0 Å². The van der Waals surface area contributed by atoms with Crippen LogP contribution in [-0.4, -0.2) is 8.42 Å². The summed E-state index contributed by atoms with van der Waals surface area (Å²) < 4.78 is 24.7. The van der Waals surface area contributed by atoms with E-state index in [2.05, 4.69) is 20.8 Å². The van der Waals surface area contributed by atoms with Crippen molar-refractivity contribution < 1.29 is 8.42 Å². The van der Waals surface area contributed by atoms with Gasteiger partial charge in [0.15, 0.2) is 9.84 Å². The minimum Gasteiger partial charge on any atom is -0.223 e. The van der Waals surface area contributed by atoms with Crippen LogP contribution in [0.3, 0.4) is 0 Å². The Labute approximate surface area is 121 Å². The average Bonchev–Trinajstić information content (AvgIpc) is 2.38. The molecular formula is C17H20O2S. The molecule has 0 heterocycles. The highest BCUT2D eigenvalue weighted by atomic mass is 32.2. The van der Waals surface area contributed by atoms with E-state index in [4.69, 9.17) is 0 Å². The molecule has 20 heavy (non-hydrogen) atoms. The highest BCUT2D eigenvalue weighted by Crippen LogP contribution is 2.24. The molecule has 2 aromatic rings. The number of hydrogen-bond donors (Lipinski definition) is 0. The molecule has 0 amide bonds. The van der Waals surface area contributed by atoms with Gasteiger partial charge in [-0.25, -0.2) is 8.42 Å². The van der Waals surface area contributed by atoms with Gasteiger partial charge in [-0.15, -0.1) is 0 Å². The first-order valence-electron chi connectivity index (χ1n) is 6.66. The summed E-state index contributed by atoms with van der Waals surface area (Å²) in [6.45, 7) is 6.33. The van der Waals surface area contributed by atoms with Crippen molar-refractivity contribution in [3.8, 4) is 0 Å². The molecule has 0 atom stereocenters. The van der Waals surface area contributed by atoms with Gasteiger partial charge in [0.2, 0.25) is 0 Å². The van der Waals surface area contributed by atoms with E-state index in [1.807, 2.05) is 42.5 Å². The van der Waals surface area contributed by atoms with Gasteiger partial charge in [0, 0.05) is 0 Å². The molecule has 3 heteroatoms. The SMILES string of the molecule is CC(C)(C)c1ccc(S(=O)(=O)Cc2ccccc2)cc1.